The largest absolute Gasteiger partial charge is 0.489 e. The highest BCUT2D eigenvalue weighted by atomic mass is 32.2. The number of rotatable bonds is 9. The first-order chi connectivity index (χ1) is 12.8. The first-order valence-electron chi connectivity index (χ1n) is 7.89. The van der Waals surface area contributed by atoms with Crippen molar-refractivity contribution in [3.05, 3.63) is 47.4 Å². The third-order valence-electron chi connectivity index (χ3n) is 3.61. The summed E-state index contributed by atoms with van der Waals surface area (Å²) in [5, 5.41) is 18.2. The van der Waals surface area contributed by atoms with Gasteiger partial charge in [-0.05, 0) is 18.6 Å². The minimum Gasteiger partial charge on any atom is -0.489 e. The van der Waals surface area contributed by atoms with E-state index < -0.39 is 23.9 Å². The molecular formula is C18H17NO6S2. The summed E-state index contributed by atoms with van der Waals surface area (Å²) in [6.45, 7) is 3.88. The summed E-state index contributed by atoms with van der Waals surface area (Å²) in [4.78, 5) is 36.2. The van der Waals surface area contributed by atoms with Gasteiger partial charge in [-0.2, -0.15) is 0 Å². The SMILES string of the molecule is C=CCOc1ccccc1/C=C1/SC(=S)N([C@H](CCC(=O)O)C(=O)O)C1=O. The fourth-order valence-corrected chi connectivity index (χ4v) is 3.74. The molecule has 0 bridgehead atoms. The number of para-hydroxylation sites is 1. The zero-order chi connectivity index (χ0) is 20.0. The zero-order valence-corrected chi connectivity index (χ0v) is 15.8. The molecule has 27 heavy (non-hydrogen) atoms. The molecule has 1 saturated heterocycles. The lowest BCUT2D eigenvalue weighted by Crippen LogP contribution is -2.44. The average molecular weight is 407 g/mol. The molecule has 0 unspecified atom stereocenters. The molecular weight excluding hydrogens is 390 g/mol. The van der Waals surface area contributed by atoms with Crippen molar-refractivity contribution < 1.29 is 29.3 Å². The van der Waals surface area contributed by atoms with E-state index in [1.807, 2.05) is 0 Å². The molecule has 1 aromatic carbocycles. The number of hydrogen-bond acceptors (Lipinski definition) is 6. The van der Waals surface area contributed by atoms with Gasteiger partial charge in [-0.3, -0.25) is 14.5 Å². The Labute approximate surface area is 165 Å². The summed E-state index contributed by atoms with van der Waals surface area (Å²) in [6.07, 6.45) is 2.55. The molecule has 9 heteroatoms. The lowest BCUT2D eigenvalue weighted by atomic mass is 10.1. The first kappa shape index (κ1) is 20.7. The number of carbonyl (C=O) groups is 3. The molecule has 1 heterocycles. The third-order valence-corrected chi connectivity index (χ3v) is 4.94. The molecule has 0 radical (unpaired) electrons. The minimum absolute atomic E-state index is 0.0773. The number of aliphatic carboxylic acids is 2. The van der Waals surface area contributed by atoms with Crippen LogP contribution in [0.4, 0.5) is 0 Å². The van der Waals surface area contributed by atoms with E-state index >= 15 is 0 Å². The molecule has 1 aliphatic rings. The van der Waals surface area contributed by atoms with Crippen LogP contribution in [0.2, 0.25) is 0 Å². The van der Waals surface area contributed by atoms with Gasteiger partial charge in [0.15, 0.2) is 0 Å². The van der Waals surface area contributed by atoms with Gasteiger partial charge in [0.05, 0.1) is 4.91 Å². The number of benzene rings is 1. The summed E-state index contributed by atoms with van der Waals surface area (Å²) in [5.41, 5.74) is 0.636. The summed E-state index contributed by atoms with van der Waals surface area (Å²) in [7, 11) is 0. The Morgan fingerprint density at radius 3 is 2.67 bits per heavy atom. The number of amides is 1. The van der Waals surface area contributed by atoms with Crippen molar-refractivity contribution >= 4 is 52.2 Å². The number of hydrogen-bond donors (Lipinski definition) is 2. The Morgan fingerprint density at radius 2 is 2.04 bits per heavy atom. The molecule has 142 valence electrons. The van der Waals surface area contributed by atoms with Crippen LogP contribution in [0.5, 0.6) is 5.75 Å². The Kier molecular flexibility index (Phi) is 7.14. The fourth-order valence-electron chi connectivity index (χ4n) is 2.39. The molecule has 1 aliphatic heterocycles. The molecule has 1 atom stereocenters. The molecule has 2 N–H and O–H groups in total. The lowest BCUT2D eigenvalue weighted by Gasteiger charge is -2.22. The van der Waals surface area contributed by atoms with Gasteiger partial charge >= 0.3 is 11.9 Å². The maximum atomic E-state index is 12.7. The Morgan fingerprint density at radius 1 is 1.33 bits per heavy atom. The number of thiocarbonyl (C=S) groups is 1. The maximum absolute atomic E-state index is 12.7. The summed E-state index contributed by atoms with van der Waals surface area (Å²) < 4.78 is 5.62. The van der Waals surface area contributed by atoms with Gasteiger partial charge in [0, 0.05) is 12.0 Å². The predicted octanol–water partition coefficient (Wildman–Crippen LogP) is 2.77. The Bertz CT molecular complexity index is 820. The van der Waals surface area contributed by atoms with Gasteiger partial charge in [-0.25, -0.2) is 4.79 Å². The number of thioether (sulfide) groups is 1. The molecule has 0 spiro atoms. The second-order valence-electron chi connectivity index (χ2n) is 5.48. The number of carbonyl (C=O) groups excluding carboxylic acids is 1. The van der Waals surface area contributed by atoms with Crippen LogP contribution in [0.1, 0.15) is 18.4 Å². The molecule has 2 rings (SSSR count). The third kappa shape index (κ3) is 5.18. The van der Waals surface area contributed by atoms with Gasteiger partial charge in [-0.1, -0.05) is 54.8 Å². The molecule has 0 saturated carbocycles. The molecule has 1 aromatic rings. The van der Waals surface area contributed by atoms with Crippen LogP contribution in [0.25, 0.3) is 6.08 Å². The maximum Gasteiger partial charge on any atom is 0.326 e. The molecule has 0 aromatic heterocycles. The van der Waals surface area contributed by atoms with E-state index in [0.717, 1.165) is 16.7 Å². The second-order valence-corrected chi connectivity index (χ2v) is 7.15. The normalized spacial score (nSPS) is 16.4. The molecule has 1 amide bonds. The summed E-state index contributed by atoms with van der Waals surface area (Å²) in [6, 6.07) is 5.73. The molecule has 1 fully saturated rings. The van der Waals surface area contributed by atoms with Crippen molar-refractivity contribution in [2.24, 2.45) is 0 Å². The Hall–Kier alpha value is -2.65. The van der Waals surface area contributed by atoms with E-state index in [1.54, 1.807) is 36.4 Å². The van der Waals surface area contributed by atoms with Crippen molar-refractivity contribution in [2.75, 3.05) is 6.61 Å². The number of ether oxygens (including phenoxy) is 1. The highest BCUT2D eigenvalue weighted by Gasteiger charge is 2.40. The van der Waals surface area contributed by atoms with E-state index in [0.29, 0.717) is 17.9 Å². The van der Waals surface area contributed by atoms with Crippen LogP contribution < -0.4 is 4.74 Å². The van der Waals surface area contributed by atoms with Crippen molar-refractivity contribution in [3.63, 3.8) is 0 Å². The zero-order valence-electron chi connectivity index (χ0n) is 14.2. The monoisotopic (exact) mass is 407 g/mol. The Balaban J connectivity index is 2.29. The molecule has 7 nitrogen and oxygen atoms in total. The second kappa shape index (κ2) is 9.33. The predicted molar refractivity (Wildman–Crippen MR) is 105 cm³/mol. The lowest BCUT2D eigenvalue weighted by molar-refractivity contribution is -0.146. The van der Waals surface area contributed by atoms with Crippen molar-refractivity contribution in [1.29, 1.82) is 0 Å². The van der Waals surface area contributed by atoms with E-state index in [1.165, 1.54) is 0 Å². The summed E-state index contributed by atoms with van der Waals surface area (Å²) in [5.74, 6) is -2.47. The number of carboxylic acids is 2. The highest BCUT2D eigenvalue weighted by molar-refractivity contribution is 8.26. The minimum atomic E-state index is -1.33. The molecule has 0 aliphatic carbocycles. The van der Waals surface area contributed by atoms with Gasteiger partial charge in [0.1, 0.15) is 22.7 Å². The number of carboxylic acid groups (broad SMARTS) is 2. The number of nitrogens with zero attached hydrogens (tertiary/aromatic N) is 1. The summed E-state index contributed by atoms with van der Waals surface area (Å²) >= 11 is 6.13. The van der Waals surface area contributed by atoms with Crippen LogP contribution in [0.15, 0.2) is 41.8 Å². The van der Waals surface area contributed by atoms with Crippen LogP contribution in [-0.2, 0) is 14.4 Å². The van der Waals surface area contributed by atoms with Gasteiger partial charge in [-0.15, -0.1) is 0 Å². The van der Waals surface area contributed by atoms with Crippen LogP contribution >= 0.6 is 24.0 Å². The topological polar surface area (TPSA) is 104 Å². The van der Waals surface area contributed by atoms with E-state index in [4.69, 9.17) is 22.1 Å². The van der Waals surface area contributed by atoms with Crippen LogP contribution in [0.3, 0.4) is 0 Å². The standard InChI is InChI=1S/C18H17NO6S2/c1-2-9-25-13-6-4-3-5-11(13)10-14-16(22)19(18(26)27-14)12(17(23)24)7-8-15(20)21/h2-6,10,12H,1,7-9H2,(H,20,21)(H,23,24)/b14-10+/t12-/m1/s1. The van der Waals surface area contributed by atoms with Gasteiger partial charge in [0.25, 0.3) is 5.91 Å². The van der Waals surface area contributed by atoms with E-state index in [-0.39, 0.29) is 22.1 Å². The van der Waals surface area contributed by atoms with E-state index in [9.17, 15) is 19.5 Å². The average Bonchev–Trinajstić information content (AvgIpc) is 2.88. The van der Waals surface area contributed by atoms with Crippen LogP contribution in [-0.4, -0.2) is 49.9 Å². The highest BCUT2D eigenvalue weighted by Crippen LogP contribution is 2.36. The van der Waals surface area contributed by atoms with Gasteiger partial charge in [0.2, 0.25) is 0 Å². The van der Waals surface area contributed by atoms with Gasteiger partial charge < -0.3 is 14.9 Å². The smallest absolute Gasteiger partial charge is 0.326 e. The van der Waals surface area contributed by atoms with Crippen LogP contribution in [0, 0.1) is 0 Å². The van der Waals surface area contributed by atoms with Crippen molar-refractivity contribution in [3.8, 4) is 5.75 Å². The van der Waals surface area contributed by atoms with Crippen molar-refractivity contribution in [2.45, 2.75) is 18.9 Å². The van der Waals surface area contributed by atoms with E-state index in [2.05, 4.69) is 6.58 Å². The first-order valence-corrected chi connectivity index (χ1v) is 9.12. The van der Waals surface area contributed by atoms with Crippen molar-refractivity contribution in [1.82, 2.24) is 4.90 Å². The fraction of sp³-hybridized carbons (Fsp3) is 0.222. The quantitative estimate of drug-likeness (QED) is 0.366.